The van der Waals surface area contributed by atoms with E-state index in [0.717, 1.165) is 0 Å². The molecule has 1 fully saturated rings. The van der Waals surface area contributed by atoms with Crippen molar-refractivity contribution in [2.24, 2.45) is 0 Å². The highest BCUT2D eigenvalue weighted by Gasteiger charge is 2.32. The van der Waals surface area contributed by atoms with Gasteiger partial charge in [-0.2, -0.15) is 0 Å². The molecule has 1 atom stereocenters. The minimum Gasteiger partial charge on any atom is -0.496 e. The number of amides is 1. The molecule has 5 nitrogen and oxygen atoms in total. The second kappa shape index (κ2) is 4.63. The van der Waals surface area contributed by atoms with Crippen LogP contribution in [0.3, 0.4) is 0 Å². The maximum absolute atomic E-state index is 11.9. The zero-order valence-electron chi connectivity index (χ0n) is 9.03. The van der Waals surface area contributed by atoms with Gasteiger partial charge in [-0.3, -0.25) is 4.79 Å². The normalized spacial score (nSPS) is 18.0. The van der Waals surface area contributed by atoms with Crippen LogP contribution in [0.15, 0.2) is 18.2 Å². The fourth-order valence-electron chi connectivity index (χ4n) is 1.43. The summed E-state index contributed by atoms with van der Waals surface area (Å²) in [5, 5.41) is 2.96. The Balaban J connectivity index is 2.17. The van der Waals surface area contributed by atoms with E-state index in [1.807, 2.05) is 0 Å². The van der Waals surface area contributed by atoms with Crippen molar-refractivity contribution in [1.29, 1.82) is 0 Å². The predicted molar refractivity (Wildman–Crippen MR) is 60.2 cm³/mol. The Bertz CT molecular complexity index is 475. The van der Waals surface area contributed by atoms with Crippen LogP contribution >= 0.6 is 11.6 Å². The van der Waals surface area contributed by atoms with Gasteiger partial charge in [0.1, 0.15) is 12.4 Å². The number of ether oxygens (including phenoxy) is 2. The first-order valence-electron chi connectivity index (χ1n) is 4.93. The molecule has 0 aliphatic carbocycles. The molecule has 1 saturated heterocycles. The van der Waals surface area contributed by atoms with Crippen molar-refractivity contribution >= 4 is 23.5 Å². The van der Waals surface area contributed by atoms with Crippen LogP contribution in [0.4, 0.5) is 0 Å². The van der Waals surface area contributed by atoms with Crippen LogP contribution < -0.4 is 10.1 Å². The van der Waals surface area contributed by atoms with Crippen LogP contribution in [0, 0.1) is 0 Å². The van der Waals surface area contributed by atoms with Crippen LogP contribution in [0.2, 0.25) is 5.02 Å². The molecule has 0 bridgehead atoms. The molecule has 1 aliphatic rings. The number of hydrogen-bond donors (Lipinski definition) is 1. The molecule has 1 aromatic rings. The third-order valence-electron chi connectivity index (χ3n) is 2.39. The molecular weight excluding hydrogens is 246 g/mol. The summed E-state index contributed by atoms with van der Waals surface area (Å²) in [7, 11) is 1.46. The molecule has 1 heterocycles. The molecule has 0 saturated carbocycles. The van der Waals surface area contributed by atoms with Gasteiger partial charge in [-0.1, -0.05) is 11.6 Å². The van der Waals surface area contributed by atoms with Crippen molar-refractivity contribution in [2.45, 2.75) is 6.04 Å². The summed E-state index contributed by atoms with van der Waals surface area (Å²) in [5.74, 6) is -0.440. The Morgan fingerprint density at radius 1 is 1.59 bits per heavy atom. The van der Waals surface area contributed by atoms with E-state index >= 15 is 0 Å². The van der Waals surface area contributed by atoms with E-state index in [1.54, 1.807) is 12.1 Å². The first-order valence-corrected chi connectivity index (χ1v) is 5.30. The minimum absolute atomic E-state index is 0.202. The highest BCUT2D eigenvalue weighted by atomic mass is 35.5. The van der Waals surface area contributed by atoms with E-state index in [4.69, 9.17) is 16.3 Å². The van der Waals surface area contributed by atoms with Gasteiger partial charge in [0, 0.05) is 5.02 Å². The summed E-state index contributed by atoms with van der Waals surface area (Å²) in [4.78, 5) is 22.8. The fraction of sp³-hybridized carbons (Fsp3) is 0.273. The van der Waals surface area contributed by atoms with Crippen LogP contribution in [0.1, 0.15) is 10.4 Å². The second-order valence-electron chi connectivity index (χ2n) is 3.50. The average Bonchev–Trinajstić information content (AvgIpc) is 2.33. The second-order valence-corrected chi connectivity index (χ2v) is 3.94. The van der Waals surface area contributed by atoms with E-state index in [2.05, 4.69) is 10.1 Å². The number of carbonyl (C=O) groups excluding carboxylic acids is 2. The van der Waals surface area contributed by atoms with Gasteiger partial charge in [0.25, 0.3) is 5.91 Å². The number of rotatable bonds is 3. The van der Waals surface area contributed by atoms with Gasteiger partial charge in [-0.05, 0) is 18.2 Å². The quantitative estimate of drug-likeness (QED) is 0.819. The molecule has 1 amide bonds. The first kappa shape index (κ1) is 11.7. The number of carbonyl (C=O) groups is 2. The van der Waals surface area contributed by atoms with Gasteiger partial charge >= 0.3 is 5.97 Å². The third kappa shape index (κ3) is 2.34. The van der Waals surface area contributed by atoms with Crippen molar-refractivity contribution < 1.29 is 19.1 Å². The molecule has 0 unspecified atom stereocenters. The lowest BCUT2D eigenvalue weighted by Crippen LogP contribution is -2.52. The average molecular weight is 256 g/mol. The van der Waals surface area contributed by atoms with Gasteiger partial charge in [0.05, 0.1) is 12.7 Å². The largest absolute Gasteiger partial charge is 0.496 e. The van der Waals surface area contributed by atoms with E-state index in [9.17, 15) is 9.59 Å². The van der Waals surface area contributed by atoms with Crippen molar-refractivity contribution in [2.75, 3.05) is 13.7 Å². The maximum atomic E-state index is 11.9. The van der Waals surface area contributed by atoms with Crippen LogP contribution in [-0.4, -0.2) is 31.6 Å². The van der Waals surface area contributed by atoms with Gasteiger partial charge in [-0.15, -0.1) is 0 Å². The SMILES string of the molecule is COc1ccc(Cl)cc1C(=O)N[C@H]1COC1=O. The number of benzene rings is 1. The minimum atomic E-state index is -0.578. The Kier molecular flexibility index (Phi) is 3.19. The highest BCUT2D eigenvalue weighted by Crippen LogP contribution is 2.22. The molecular formula is C11H10ClNO4. The molecule has 1 aromatic carbocycles. The summed E-state index contributed by atoms with van der Waals surface area (Å²) in [6.07, 6.45) is 0. The number of hydrogen-bond acceptors (Lipinski definition) is 4. The summed E-state index contributed by atoms with van der Waals surface area (Å²) in [6.45, 7) is 0.202. The Hall–Kier alpha value is -1.75. The van der Waals surface area contributed by atoms with Crippen LogP contribution in [0.25, 0.3) is 0 Å². The van der Waals surface area contributed by atoms with E-state index in [1.165, 1.54) is 13.2 Å². The zero-order chi connectivity index (χ0) is 12.4. The summed E-state index contributed by atoms with van der Waals surface area (Å²) in [5.41, 5.74) is 0.291. The fourth-order valence-corrected chi connectivity index (χ4v) is 1.60. The van der Waals surface area contributed by atoms with Gasteiger partial charge in [0.2, 0.25) is 0 Å². The monoisotopic (exact) mass is 255 g/mol. The Morgan fingerprint density at radius 3 is 2.88 bits per heavy atom. The van der Waals surface area contributed by atoms with Crippen molar-refractivity contribution in [3.8, 4) is 5.75 Å². The first-order chi connectivity index (χ1) is 8.11. The number of esters is 1. The van der Waals surface area contributed by atoms with Crippen molar-refractivity contribution in [3.63, 3.8) is 0 Å². The Labute approximate surface area is 103 Å². The molecule has 2 rings (SSSR count). The van der Waals surface area contributed by atoms with E-state index < -0.39 is 17.9 Å². The van der Waals surface area contributed by atoms with Gasteiger partial charge < -0.3 is 14.8 Å². The topological polar surface area (TPSA) is 64.6 Å². The highest BCUT2D eigenvalue weighted by molar-refractivity contribution is 6.31. The van der Waals surface area contributed by atoms with Crippen molar-refractivity contribution in [3.05, 3.63) is 28.8 Å². The standard InChI is InChI=1S/C11H10ClNO4/c1-16-9-3-2-6(12)4-7(9)10(14)13-8-5-17-11(8)15/h2-4,8H,5H2,1H3,(H,13,14)/t8-/m0/s1. The maximum Gasteiger partial charge on any atom is 0.332 e. The molecule has 0 radical (unpaired) electrons. The predicted octanol–water partition coefficient (Wildman–Crippen LogP) is 1.00. The number of nitrogens with one attached hydrogen (secondary N) is 1. The number of cyclic esters (lactones) is 1. The smallest absolute Gasteiger partial charge is 0.332 e. The summed E-state index contributed by atoms with van der Waals surface area (Å²) in [6, 6.07) is 4.12. The van der Waals surface area contributed by atoms with E-state index in [0.29, 0.717) is 16.3 Å². The molecule has 1 N–H and O–H groups in total. The zero-order valence-corrected chi connectivity index (χ0v) is 9.78. The summed E-state index contributed by atoms with van der Waals surface area (Å²) >= 11 is 5.80. The lowest BCUT2D eigenvalue weighted by atomic mass is 10.1. The van der Waals surface area contributed by atoms with Gasteiger partial charge in [-0.25, -0.2) is 4.79 Å². The molecule has 0 aromatic heterocycles. The molecule has 6 heteroatoms. The molecule has 0 spiro atoms. The van der Waals surface area contributed by atoms with Gasteiger partial charge in [0.15, 0.2) is 6.04 Å². The number of halogens is 1. The third-order valence-corrected chi connectivity index (χ3v) is 2.62. The van der Waals surface area contributed by atoms with Crippen molar-refractivity contribution in [1.82, 2.24) is 5.32 Å². The lowest BCUT2D eigenvalue weighted by Gasteiger charge is -2.25. The molecule has 90 valence electrons. The van der Waals surface area contributed by atoms with Crippen LogP contribution in [0.5, 0.6) is 5.75 Å². The number of methoxy groups -OCH3 is 1. The van der Waals surface area contributed by atoms with E-state index in [-0.39, 0.29) is 6.61 Å². The summed E-state index contributed by atoms with van der Waals surface area (Å²) < 4.78 is 9.60. The van der Waals surface area contributed by atoms with Crippen LogP contribution in [-0.2, 0) is 9.53 Å². The molecule has 17 heavy (non-hydrogen) atoms. The Morgan fingerprint density at radius 2 is 2.35 bits per heavy atom. The molecule has 1 aliphatic heterocycles. The lowest BCUT2D eigenvalue weighted by molar-refractivity contribution is -0.162.